The van der Waals surface area contributed by atoms with E-state index in [4.69, 9.17) is 0 Å². The van der Waals surface area contributed by atoms with Gasteiger partial charge in [-0.05, 0) is 32.7 Å². The van der Waals surface area contributed by atoms with Crippen molar-refractivity contribution in [3.05, 3.63) is 96.1 Å². The molecule has 0 amide bonds. The number of carboxylic acid groups (broad SMARTS) is 1. The minimum Gasteiger partial charge on any atom is -0.481 e. The molecule has 0 bridgehead atoms. The van der Waals surface area contributed by atoms with Gasteiger partial charge in [0.1, 0.15) is 5.92 Å². The van der Waals surface area contributed by atoms with Gasteiger partial charge in [-0.15, -0.1) is 0 Å². The molecule has 2 heteroatoms. The number of hydrogen-bond donors (Lipinski definition) is 1. The zero-order chi connectivity index (χ0) is 16.5. The Morgan fingerprint density at radius 3 is 1.50 bits per heavy atom. The fourth-order valence-corrected chi connectivity index (χ4v) is 3.44. The second kappa shape index (κ2) is 5.82. The van der Waals surface area contributed by atoms with Crippen molar-refractivity contribution in [1.82, 2.24) is 0 Å². The van der Waals surface area contributed by atoms with E-state index in [-0.39, 0.29) is 0 Å². The van der Waals surface area contributed by atoms with Gasteiger partial charge < -0.3 is 5.11 Å². The average Bonchev–Trinajstić information content (AvgIpc) is 2.62. The lowest BCUT2D eigenvalue weighted by Gasteiger charge is -2.18. The highest BCUT2D eigenvalue weighted by Crippen LogP contribution is 2.34. The third-order valence-corrected chi connectivity index (χ3v) is 4.52. The molecule has 0 fully saturated rings. The predicted molar refractivity (Wildman–Crippen MR) is 97.4 cm³/mol. The Morgan fingerprint density at radius 2 is 1.04 bits per heavy atom. The Labute approximate surface area is 140 Å². The molecule has 24 heavy (non-hydrogen) atoms. The molecule has 2 nitrogen and oxygen atoms in total. The lowest BCUT2D eigenvalue weighted by molar-refractivity contribution is -0.137. The minimum atomic E-state index is -0.831. The monoisotopic (exact) mass is 312 g/mol. The minimum absolute atomic E-state index is 0.692. The summed E-state index contributed by atoms with van der Waals surface area (Å²) < 4.78 is 0. The first-order valence-electron chi connectivity index (χ1n) is 7.94. The van der Waals surface area contributed by atoms with Crippen molar-refractivity contribution >= 4 is 27.5 Å². The average molecular weight is 312 g/mol. The van der Waals surface area contributed by atoms with Crippen LogP contribution < -0.4 is 0 Å². The molecule has 0 aliphatic heterocycles. The topological polar surface area (TPSA) is 37.3 Å². The summed E-state index contributed by atoms with van der Waals surface area (Å²) >= 11 is 0. The van der Waals surface area contributed by atoms with E-state index < -0.39 is 11.9 Å². The quantitative estimate of drug-likeness (QED) is 0.564. The van der Waals surface area contributed by atoms with Crippen LogP contribution in [0.5, 0.6) is 0 Å². The first-order chi connectivity index (χ1) is 11.8. The van der Waals surface area contributed by atoms with E-state index in [9.17, 15) is 9.90 Å². The summed E-state index contributed by atoms with van der Waals surface area (Å²) in [6.45, 7) is 0. The number of rotatable bonds is 3. The zero-order valence-corrected chi connectivity index (χ0v) is 13.0. The maximum Gasteiger partial charge on any atom is 0.315 e. The number of fused-ring (bicyclic) bond motifs is 2. The summed E-state index contributed by atoms with van der Waals surface area (Å²) in [5, 5.41) is 14.1. The van der Waals surface area contributed by atoms with Crippen LogP contribution in [0.25, 0.3) is 21.5 Å². The predicted octanol–water partition coefficient (Wildman–Crippen LogP) is 5.21. The maximum absolute atomic E-state index is 12.2. The van der Waals surface area contributed by atoms with Crippen LogP contribution in [0.4, 0.5) is 0 Å². The third-order valence-electron chi connectivity index (χ3n) is 4.52. The second-order valence-electron chi connectivity index (χ2n) is 5.91. The van der Waals surface area contributed by atoms with Gasteiger partial charge in [-0.2, -0.15) is 0 Å². The van der Waals surface area contributed by atoms with Crippen LogP contribution in [0.3, 0.4) is 0 Å². The highest BCUT2D eigenvalue weighted by molar-refractivity contribution is 5.97. The molecule has 4 aromatic carbocycles. The van der Waals surface area contributed by atoms with Gasteiger partial charge >= 0.3 is 5.97 Å². The summed E-state index contributed by atoms with van der Waals surface area (Å²) in [5.74, 6) is -1.52. The molecule has 116 valence electrons. The molecule has 0 saturated heterocycles. The molecule has 4 rings (SSSR count). The summed E-state index contributed by atoms with van der Waals surface area (Å²) in [6.07, 6.45) is 0. The van der Waals surface area contributed by atoms with Crippen molar-refractivity contribution < 1.29 is 9.90 Å². The highest BCUT2D eigenvalue weighted by Gasteiger charge is 2.25. The van der Waals surface area contributed by atoms with Crippen LogP contribution in [0, 0.1) is 0 Å². The van der Waals surface area contributed by atoms with Gasteiger partial charge in [0.2, 0.25) is 0 Å². The van der Waals surface area contributed by atoms with Crippen molar-refractivity contribution in [3.8, 4) is 0 Å². The smallest absolute Gasteiger partial charge is 0.315 e. The maximum atomic E-state index is 12.2. The number of carboxylic acids is 1. The Bertz CT molecular complexity index is 960. The van der Waals surface area contributed by atoms with E-state index in [2.05, 4.69) is 0 Å². The summed E-state index contributed by atoms with van der Waals surface area (Å²) in [5.41, 5.74) is 1.66. The Hall–Kier alpha value is -3.13. The largest absolute Gasteiger partial charge is 0.481 e. The van der Waals surface area contributed by atoms with Gasteiger partial charge in [0.25, 0.3) is 0 Å². The molecule has 0 heterocycles. The van der Waals surface area contributed by atoms with Crippen LogP contribution in [0.15, 0.2) is 84.9 Å². The van der Waals surface area contributed by atoms with E-state index in [1.165, 1.54) is 0 Å². The van der Waals surface area contributed by atoms with Crippen LogP contribution >= 0.6 is 0 Å². The van der Waals surface area contributed by atoms with Gasteiger partial charge in [-0.25, -0.2) is 0 Å². The summed E-state index contributed by atoms with van der Waals surface area (Å²) in [6, 6.07) is 27.6. The molecular weight excluding hydrogens is 296 g/mol. The van der Waals surface area contributed by atoms with Gasteiger partial charge in [0, 0.05) is 0 Å². The Balaban J connectivity index is 2.02. The van der Waals surface area contributed by atoms with E-state index in [1.54, 1.807) is 0 Å². The Morgan fingerprint density at radius 1 is 0.625 bits per heavy atom. The standard InChI is InChI=1S/C22H16O2/c23-22(24)21(19-13-5-9-15-7-1-3-11-17(15)19)20-14-6-10-16-8-2-4-12-18(16)20/h1-14,21H,(H,23,24). The molecule has 0 atom stereocenters. The highest BCUT2D eigenvalue weighted by atomic mass is 16.4. The summed E-state index contributed by atoms with van der Waals surface area (Å²) in [7, 11) is 0. The molecule has 0 unspecified atom stereocenters. The van der Waals surface area contributed by atoms with Crippen molar-refractivity contribution in [2.24, 2.45) is 0 Å². The van der Waals surface area contributed by atoms with Gasteiger partial charge in [0.15, 0.2) is 0 Å². The third kappa shape index (κ3) is 2.33. The molecule has 0 aromatic heterocycles. The number of carbonyl (C=O) groups is 1. The van der Waals surface area contributed by atoms with Crippen molar-refractivity contribution in [2.45, 2.75) is 5.92 Å². The lowest BCUT2D eigenvalue weighted by Crippen LogP contribution is -2.14. The SMILES string of the molecule is O=C(O)C(c1cccc2ccccc12)c1cccc2ccccc12. The first-order valence-corrected chi connectivity index (χ1v) is 7.94. The molecule has 0 aliphatic carbocycles. The van der Waals surface area contributed by atoms with Crippen molar-refractivity contribution in [2.75, 3.05) is 0 Å². The van der Waals surface area contributed by atoms with Gasteiger partial charge in [-0.1, -0.05) is 84.9 Å². The Kier molecular flexibility index (Phi) is 3.51. The van der Waals surface area contributed by atoms with Gasteiger partial charge in [-0.3, -0.25) is 4.79 Å². The fraction of sp³-hybridized carbons (Fsp3) is 0.0455. The van der Waals surface area contributed by atoms with Gasteiger partial charge in [0.05, 0.1) is 0 Å². The van der Waals surface area contributed by atoms with Crippen molar-refractivity contribution in [3.63, 3.8) is 0 Å². The lowest BCUT2D eigenvalue weighted by atomic mass is 9.85. The van der Waals surface area contributed by atoms with E-state index in [1.807, 2.05) is 84.9 Å². The first kappa shape index (κ1) is 14.5. The normalized spacial score (nSPS) is 11.2. The van der Waals surface area contributed by atoms with Crippen LogP contribution in [0.2, 0.25) is 0 Å². The number of aliphatic carboxylic acids is 1. The number of benzene rings is 4. The zero-order valence-electron chi connectivity index (χ0n) is 13.0. The van der Waals surface area contributed by atoms with Crippen LogP contribution in [0.1, 0.15) is 17.0 Å². The molecule has 0 radical (unpaired) electrons. The van der Waals surface area contributed by atoms with E-state index in [0.717, 1.165) is 32.7 Å². The van der Waals surface area contributed by atoms with Crippen molar-refractivity contribution in [1.29, 1.82) is 0 Å². The fourth-order valence-electron chi connectivity index (χ4n) is 3.44. The van der Waals surface area contributed by atoms with E-state index >= 15 is 0 Å². The van der Waals surface area contributed by atoms with Crippen LogP contribution in [-0.4, -0.2) is 11.1 Å². The molecule has 0 spiro atoms. The molecule has 0 saturated carbocycles. The number of hydrogen-bond acceptors (Lipinski definition) is 1. The van der Waals surface area contributed by atoms with E-state index in [0.29, 0.717) is 0 Å². The second-order valence-corrected chi connectivity index (χ2v) is 5.91. The molecule has 1 N–H and O–H groups in total. The molecule has 0 aliphatic rings. The molecule has 4 aromatic rings. The summed E-state index contributed by atoms with van der Waals surface area (Å²) in [4.78, 5) is 12.2. The van der Waals surface area contributed by atoms with Crippen LogP contribution in [-0.2, 0) is 4.79 Å². The molecular formula is C22H16O2.